The second-order valence-corrected chi connectivity index (χ2v) is 2.41. The third-order valence-corrected chi connectivity index (χ3v) is 1.71. The molecule has 0 heterocycles. The van der Waals surface area contributed by atoms with E-state index in [1.165, 1.54) is 0 Å². The highest BCUT2D eigenvalue weighted by molar-refractivity contribution is 6.08. The molecule has 0 aliphatic rings. The van der Waals surface area contributed by atoms with Crippen molar-refractivity contribution in [2.75, 3.05) is 6.67 Å². The summed E-state index contributed by atoms with van der Waals surface area (Å²) in [6.07, 6.45) is -3.45. The second-order valence-electron chi connectivity index (χ2n) is 1.59. The van der Waals surface area contributed by atoms with Crippen LogP contribution in [0.4, 0.5) is 13.2 Å². The lowest BCUT2D eigenvalue weighted by Crippen LogP contribution is -2.18. The maximum atomic E-state index is 11.9. The van der Waals surface area contributed by atoms with Crippen molar-refractivity contribution < 1.29 is 13.2 Å². The quantitative estimate of drug-likeness (QED) is 0.501. The molecular formula is C4H9F3Si. The zero-order valence-corrected chi connectivity index (χ0v) is 6.70. The van der Waals surface area contributed by atoms with Crippen LogP contribution in [-0.2, 0) is 0 Å². The summed E-state index contributed by atoms with van der Waals surface area (Å²) in [5.74, 6) is 0. The Balaban J connectivity index is 3.29. The van der Waals surface area contributed by atoms with Crippen molar-refractivity contribution in [3.05, 3.63) is 0 Å². The van der Waals surface area contributed by atoms with Gasteiger partial charge in [-0.25, -0.2) is 13.2 Å². The molecule has 0 fully saturated rings. The van der Waals surface area contributed by atoms with Crippen LogP contribution in [0.15, 0.2) is 0 Å². The van der Waals surface area contributed by atoms with Crippen LogP contribution in [-0.4, -0.2) is 29.3 Å². The molecule has 0 radical (unpaired) electrons. The highest BCUT2D eigenvalue weighted by Crippen LogP contribution is 2.06. The Kier molecular flexibility index (Phi) is 3.95. The average Bonchev–Trinajstić information content (AvgIpc) is 1.84. The normalized spacial score (nSPS) is 18.4. The minimum absolute atomic E-state index is 0.186. The van der Waals surface area contributed by atoms with Crippen molar-refractivity contribution >= 4 is 10.2 Å². The van der Waals surface area contributed by atoms with Crippen molar-refractivity contribution in [1.29, 1.82) is 0 Å². The number of hydrogen-bond donors (Lipinski definition) is 0. The highest BCUT2D eigenvalue weighted by atomic mass is 28.1. The number of halogens is 3. The van der Waals surface area contributed by atoms with Gasteiger partial charge >= 0.3 is 0 Å². The first-order valence-corrected chi connectivity index (χ1v) is 3.97. The van der Waals surface area contributed by atoms with E-state index in [-0.39, 0.29) is 6.04 Å². The van der Waals surface area contributed by atoms with Gasteiger partial charge in [0, 0.05) is 10.2 Å². The second kappa shape index (κ2) is 3.94. The van der Waals surface area contributed by atoms with Gasteiger partial charge in [0.2, 0.25) is 0 Å². The fourth-order valence-corrected chi connectivity index (χ4v) is 0.864. The zero-order valence-electron chi connectivity index (χ0n) is 4.70. The van der Waals surface area contributed by atoms with Gasteiger partial charge in [-0.05, 0) is 6.04 Å². The molecule has 0 spiro atoms. The molecule has 0 aromatic carbocycles. The Bertz CT molecular complexity index is 51.2. The van der Waals surface area contributed by atoms with Crippen LogP contribution in [0.1, 0.15) is 0 Å². The predicted molar refractivity (Wildman–Crippen MR) is 30.5 cm³/mol. The molecule has 50 valence electrons. The van der Waals surface area contributed by atoms with Crippen LogP contribution in [0, 0.1) is 0 Å². The Morgan fingerprint density at radius 3 is 1.88 bits per heavy atom. The van der Waals surface area contributed by atoms with E-state index in [0.717, 1.165) is 0 Å². The van der Waals surface area contributed by atoms with Crippen LogP contribution in [0.2, 0.25) is 6.04 Å². The van der Waals surface area contributed by atoms with Gasteiger partial charge < -0.3 is 0 Å². The van der Waals surface area contributed by atoms with E-state index in [1.807, 2.05) is 0 Å². The smallest absolute Gasteiger partial charge is 0.159 e. The lowest BCUT2D eigenvalue weighted by Gasteiger charge is -2.05. The molecule has 0 aliphatic heterocycles. The monoisotopic (exact) mass is 142 g/mol. The van der Waals surface area contributed by atoms with E-state index in [1.54, 1.807) is 0 Å². The molecule has 0 amide bonds. The third kappa shape index (κ3) is 2.35. The maximum Gasteiger partial charge on any atom is 0.159 e. The number of alkyl halides is 3. The molecule has 0 aromatic rings. The molecule has 0 aromatic heterocycles. The van der Waals surface area contributed by atoms with Crippen LogP contribution < -0.4 is 0 Å². The summed E-state index contributed by atoms with van der Waals surface area (Å²) in [5, 5.41) is 0. The van der Waals surface area contributed by atoms with Gasteiger partial charge in [0.1, 0.15) is 12.8 Å². The summed E-state index contributed by atoms with van der Waals surface area (Å²) in [6, 6.07) is 0.186. The Morgan fingerprint density at radius 2 is 1.75 bits per heavy atom. The Labute approximate surface area is 49.5 Å². The zero-order chi connectivity index (χ0) is 6.57. The van der Waals surface area contributed by atoms with E-state index in [4.69, 9.17) is 0 Å². The van der Waals surface area contributed by atoms with E-state index >= 15 is 0 Å². The van der Waals surface area contributed by atoms with Crippen molar-refractivity contribution in [3.63, 3.8) is 0 Å². The van der Waals surface area contributed by atoms with Crippen molar-refractivity contribution in [2.45, 2.75) is 18.4 Å². The van der Waals surface area contributed by atoms with Gasteiger partial charge in [-0.2, -0.15) is 0 Å². The first-order chi connectivity index (χ1) is 3.72. The van der Waals surface area contributed by atoms with Gasteiger partial charge in [-0.15, -0.1) is 0 Å². The van der Waals surface area contributed by atoms with Gasteiger partial charge in [-0.1, -0.05) is 0 Å². The summed E-state index contributed by atoms with van der Waals surface area (Å²) < 4.78 is 35.0. The molecule has 0 nitrogen and oxygen atoms in total. The molecule has 0 saturated carbocycles. The molecule has 2 unspecified atom stereocenters. The average molecular weight is 142 g/mol. The maximum absolute atomic E-state index is 11.9. The topological polar surface area (TPSA) is 0 Å². The van der Waals surface area contributed by atoms with E-state index in [9.17, 15) is 13.2 Å². The van der Waals surface area contributed by atoms with Crippen LogP contribution in [0.3, 0.4) is 0 Å². The third-order valence-electron chi connectivity index (χ3n) is 0.930. The van der Waals surface area contributed by atoms with Crippen molar-refractivity contribution in [3.8, 4) is 0 Å². The minimum atomic E-state index is -1.88. The minimum Gasteiger partial charge on any atom is -0.248 e. The van der Waals surface area contributed by atoms with Crippen LogP contribution in [0.5, 0.6) is 0 Å². The summed E-state index contributed by atoms with van der Waals surface area (Å²) >= 11 is 0. The molecule has 0 rings (SSSR count). The molecule has 0 saturated heterocycles. The van der Waals surface area contributed by atoms with Crippen LogP contribution >= 0.6 is 0 Å². The van der Waals surface area contributed by atoms with Gasteiger partial charge in [-0.3, -0.25) is 0 Å². The Hall–Kier alpha value is 0.00688. The fraction of sp³-hybridized carbons (Fsp3) is 1.00. The van der Waals surface area contributed by atoms with Gasteiger partial charge in [0.05, 0.1) is 0 Å². The highest BCUT2D eigenvalue weighted by Gasteiger charge is 2.16. The first kappa shape index (κ1) is 8.01. The SMILES string of the molecule is FCC(F)C(F)C[SiH3]. The van der Waals surface area contributed by atoms with Gasteiger partial charge in [0.15, 0.2) is 6.17 Å². The predicted octanol–water partition coefficient (Wildman–Crippen LogP) is 0.416. The molecule has 4 heteroatoms. The van der Waals surface area contributed by atoms with Crippen molar-refractivity contribution in [1.82, 2.24) is 0 Å². The molecule has 0 bridgehead atoms. The van der Waals surface area contributed by atoms with Crippen molar-refractivity contribution in [2.24, 2.45) is 0 Å². The standard InChI is InChI=1S/C4H9F3Si/c5-1-3(6)4(7)2-8/h3-4H,1-2H2,8H3. The van der Waals surface area contributed by atoms with E-state index in [0.29, 0.717) is 10.2 Å². The Morgan fingerprint density at radius 1 is 1.25 bits per heavy atom. The first-order valence-electron chi connectivity index (χ1n) is 2.56. The summed E-state index contributed by atoms with van der Waals surface area (Å²) in [6.45, 7) is -1.19. The van der Waals surface area contributed by atoms with Gasteiger partial charge in [0.25, 0.3) is 0 Å². The molecular weight excluding hydrogens is 133 g/mol. The lowest BCUT2D eigenvalue weighted by atomic mass is 10.3. The summed E-state index contributed by atoms with van der Waals surface area (Å²) in [7, 11) is 0.594. The summed E-state index contributed by atoms with van der Waals surface area (Å²) in [5.41, 5.74) is 0. The fourth-order valence-electron chi connectivity index (χ4n) is 0.352. The molecule has 8 heavy (non-hydrogen) atoms. The molecule has 0 aliphatic carbocycles. The van der Waals surface area contributed by atoms with E-state index in [2.05, 4.69) is 0 Å². The van der Waals surface area contributed by atoms with E-state index < -0.39 is 19.0 Å². The molecule has 2 atom stereocenters. The molecule has 0 N–H and O–H groups in total. The number of rotatable bonds is 3. The lowest BCUT2D eigenvalue weighted by molar-refractivity contribution is 0.150. The summed E-state index contributed by atoms with van der Waals surface area (Å²) in [4.78, 5) is 0. The number of hydrogen-bond acceptors (Lipinski definition) is 0. The largest absolute Gasteiger partial charge is 0.248 e. The van der Waals surface area contributed by atoms with Crippen LogP contribution in [0.25, 0.3) is 0 Å².